The Balaban J connectivity index is 1.90. The summed E-state index contributed by atoms with van der Waals surface area (Å²) < 4.78 is 14.0. The van der Waals surface area contributed by atoms with Crippen LogP contribution in [0.15, 0.2) is 42.5 Å². The van der Waals surface area contributed by atoms with Crippen LogP contribution in [0.3, 0.4) is 0 Å². The van der Waals surface area contributed by atoms with E-state index in [1.165, 1.54) is 6.07 Å². The Morgan fingerprint density at radius 2 is 2.10 bits per heavy atom. The van der Waals surface area contributed by atoms with E-state index in [9.17, 15) is 9.50 Å². The van der Waals surface area contributed by atoms with Gasteiger partial charge in [0, 0.05) is 29.9 Å². The second-order valence-corrected chi connectivity index (χ2v) is 5.20. The molecular weight excluding hydrogens is 267 g/mol. The molecule has 0 fully saturated rings. The summed E-state index contributed by atoms with van der Waals surface area (Å²) in [5.74, 6) is -0.363. The fraction of sp³-hybridized carbons (Fsp3) is 0.235. The number of nitriles is 1. The number of fused-ring (bicyclic) bond motifs is 1. The Hall–Kier alpha value is -2.38. The van der Waals surface area contributed by atoms with E-state index in [1.807, 2.05) is 30.3 Å². The van der Waals surface area contributed by atoms with E-state index in [-0.39, 0.29) is 5.82 Å². The number of benzene rings is 2. The first-order valence-corrected chi connectivity index (χ1v) is 6.89. The first-order valence-electron chi connectivity index (χ1n) is 6.89. The topological polar surface area (TPSA) is 47.3 Å². The smallest absolute Gasteiger partial charge is 0.129 e. The first kappa shape index (κ1) is 13.6. The van der Waals surface area contributed by atoms with Crippen LogP contribution in [0.25, 0.3) is 0 Å². The second kappa shape index (κ2) is 5.55. The molecule has 3 rings (SSSR count). The van der Waals surface area contributed by atoms with Gasteiger partial charge in [-0.3, -0.25) is 0 Å². The van der Waals surface area contributed by atoms with Gasteiger partial charge in [0.25, 0.3) is 0 Å². The molecule has 1 aliphatic rings. The Bertz CT molecular complexity index is 708. The van der Waals surface area contributed by atoms with Crippen molar-refractivity contribution in [3.05, 3.63) is 65.0 Å². The molecule has 0 amide bonds. The van der Waals surface area contributed by atoms with Crippen LogP contribution in [-0.4, -0.2) is 11.7 Å². The third-order valence-electron chi connectivity index (χ3n) is 3.85. The Labute approximate surface area is 122 Å². The van der Waals surface area contributed by atoms with Gasteiger partial charge in [0.15, 0.2) is 0 Å². The van der Waals surface area contributed by atoms with Crippen molar-refractivity contribution >= 4 is 5.69 Å². The van der Waals surface area contributed by atoms with E-state index in [0.29, 0.717) is 30.6 Å². The van der Waals surface area contributed by atoms with Gasteiger partial charge in [-0.25, -0.2) is 4.39 Å². The largest absolute Gasteiger partial charge is 0.388 e. The van der Waals surface area contributed by atoms with Crippen LogP contribution in [0.5, 0.6) is 0 Å². The molecule has 1 atom stereocenters. The van der Waals surface area contributed by atoms with E-state index in [0.717, 1.165) is 11.3 Å². The molecule has 0 aromatic heterocycles. The molecule has 0 aliphatic carbocycles. The molecular formula is C17H15FN2O. The molecule has 3 nitrogen and oxygen atoms in total. The Kier molecular flexibility index (Phi) is 3.59. The number of hydrogen-bond donors (Lipinski definition) is 1. The van der Waals surface area contributed by atoms with Crippen LogP contribution in [0.1, 0.15) is 29.2 Å². The van der Waals surface area contributed by atoms with Crippen molar-refractivity contribution in [2.24, 2.45) is 0 Å². The van der Waals surface area contributed by atoms with Gasteiger partial charge in [-0.15, -0.1) is 0 Å². The normalized spacial score (nSPS) is 17.2. The summed E-state index contributed by atoms with van der Waals surface area (Å²) in [6.45, 7) is 1.11. The highest BCUT2D eigenvalue weighted by atomic mass is 19.1. The predicted octanol–water partition coefficient (Wildman–Crippen LogP) is 3.14. The average molecular weight is 282 g/mol. The minimum atomic E-state index is -0.455. The summed E-state index contributed by atoms with van der Waals surface area (Å²) in [7, 11) is 0. The highest BCUT2D eigenvalue weighted by Gasteiger charge is 2.23. The average Bonchev–Trinajstić information content (AvgIpc) is 2.52. The van der Waals surface area contributed by atoms with Crippen LogP contribution < -0.4 is 4.90 Å². The van der Waals surface area contributed by atoms with Gasteiger partial charge in [-0.05, 0) is 24.6 Å². The monoisotopic (exact) mass is 282 g/mol. The standard InChI is InChI=1S/C17H15FN2O/c18-15-9-12(10-19)5-6-13(15)11-20-8-7-17(21)14-3-1-2-4-16(14)20/h1-6,9,17,21H,7-8,11H2. The van der Waals surface area contributed by atoms with Crippen molar-refractivity contribution in [1.29, 1.82) is 5.26 Å². The minimum Gasteiger partial charge on any atom is -0.388 e. The summed E-state index contributed by atoms with van der Waals surface area (Å²) in [6, 6.07) is 14.1. The molecule has 4 heteroatoms. The zero-order valence-electron chi connectivity index (χ0n) is 11.5. The summed E-state index contributed by atoms with van der Waals surface area (Å²) in [5, 5.41) is 18.8. The van der Waals surface area contributed by atoms with E-state index in [4.69, 9.17) is 5.26 Å². The quantitative estimate of drug-likeness (QED) is 0.920. The summed E-state index contributed by atoms with van der Waals surface area (Å²) in [6.07, 6.45) is 0.179. The number of rotatable bonds is 2. The van der Waals surface area contributed by atoms with Crippen LogP contribution in [0, 0.1) is 17.1 Å². The lowest BCUT2D eigenvalue weighted by molar-refractivity contribution is 0.164. The summed E-state index contributed by atoms with van der Waals surface area (Å²) in [4.78, 5) is 2.06. The SMILES string of the molecule is N#Cc1ccc(CN2CCC(O)c3ccccc32)c(F)c1. The van der Waals surface area contributed by atoms with Gasteiger partial charge in [0.05, 0.1) is 17.7 Å². The summed E-state index contributed by atoms with van der Waals surface area (Å²) in [5.41, 5.74) is 2.71. The Morgan fingerprint density at radius 3 is 2.86 bits per heavy atom. The van der Waals surface area contributed by atoms with E-state index in [2.05, 4.69) is 4.90 Å². The van der Waals surface area contributed by atoms with Crippen LogP contribution in [0.4, 0.5) is 10.1 Å². The molecule has 106 valence electrons. The minimum absolute atomic E-state index is 0.325. The molecule has 2 aromatic rings. The molecule has 1 N–H and O–H groups in total. The third kappa shape index (κ3) is 2.61. The number of hydrogen-bond acceptors (Lipinski definition) is 3. The lowest BCUT2D eigenvalue weighted by atomic mass is 9.98. The maximum Gasteiger partial charge on any atom is 0.129 e. The fourth-order valence-corrected chi connectivity index (χ4v) is 2.73. The van der Waals surface area contributed by atoms with Crippen LogP contribution in [0.2, 0.25) is 0 Å². The van der Waals surface area contributed by atoms with E-state index >= 15 is 0 Å². The van der Waals surface area contributed by atoms with Crippen LogP contribution >= 0.6 is 0 Å². The number of anilines is 1. The number of nitrogens with zero attached hydrogens (tertiary/aromatic N) is 2. The van der Waals surface area contributed by atoms with Crippen molar-refractivity contribution in [2.45, 2.75) is 19.1 Å². The van der Waals surface area contributed by atoms with E-state index < -0.39 is 6.10 Å². The van der Waals surface area contributed by atoms with Gasteiger partial charge in [0.1, 0.15) is 5.82 Å². The zero-order chi connectivity index (χ0) is 14.8. The summed E-state index contributed by atoms with van der Waals surface area (Å²) >= 11 is 0. The molecule has 2 aromatic carbocycles. The van der Waals surface area contributed by atoms with Crippen molar-refractivity contribution in [1.82, 2.24) is 0 Å². The molecule has 0 spiro atoms. The number of aliphatic hydroxyl groups excluding tert-OH is 1. The molecule has 0 saturated heterocycles. The number of para-hydroxylation sites is 1. The first-order chi connectivity index (χ1) is 10.2. The van der Waals surface area contributed by atoms with Gasteiger partial charge in [-0.2, -0.15) is 5.26 Å². The van der Waals surface area contributed by atoms with Crippen molar-refractivity contribution < 1.29 is 9.50 Å². The number of aliphatic hydroxyl groups is 1. The molecule has 0 radical (unpaired) electrons. The second-order valence-electron chi connectivity index (χ2n) is 5.20. The fourth-order valence-electron chi connectivity index (χ4n) is 2.73. The molecule has 1 unspecified atom stereocenters. The van der Waals surface area contributed by atoms with Crippen molar-refractivity contribution in [3.63, 3.8) is 0 Å². The molecule has 1 aliphatic heterocycles. The molecule has 0 saturated carbocycles. The third-order valence-corrected chi connectivity index (χ3v) is 3.85. The van der Waals surface area contributed by atoms with Gasteiger partial charge in [-0.1, -0.05) is 24.3 Å². The predicted molar refractivity (Wildman–Crippen MR) is 78.2 cm³/mol. The zero-order valence-corrected chi connectivity index (χ0v) is 11.5. The maximum absolute atomic E-state index is 14.0. The molecule has 1 heterocycles. The van der Waals surface area contributed by atoms with Crippen molar-refractivity contribution in [2.75, 3.05) is 11.4 Å². The van der Waals surface area contributed by atoms with Gasteiger partial charge >= 0.3 is 0 Å². The molecule has 21 heavy (non-hydrogen) atoms. The Morgan fingerprint density at radius 1 is 1.29 bits per heavy atom. The highest BCUT2D eigenvalue weighted by Crippen LogP contribution is 2.34. The number of halogens is 1. The lowest BCUT2D eigenvalue weighted by Crippen LogP contribution is -2.31. The maximum atomic E-state index is 14.0. The lowest BCUT2D eigenvalue weighted by Gasteiger charge is -2.34. The highest BCUT2D eigenvalue weighted by molar-refractivity contribution is 5.56. The van der Waals surface area contributed by atoms with E-state index in [1.54, 1.807) is 12.1 Å². The molecule has 0 bridgehead atoms. The van der Waals surface area contributed by atoms with Crippen molar-refractivity contribution in [3.8, 4) is 6.07 Å². The van der Waals surface area contributed by atoms with Gasteiger partial charge in [0.2, 0.25) is 0 Å². The van der Waals surface area contributed by atoms with Crippen LogP contribution in [-0.2, 0) is 6.54 Å². The van der Waals surface area contributed by atoms with Gasteiger partial charge < -0.3 is 10.0 Å².